The van der Waals surface area contributed by atoms with Crippen LogP contribution in [0.4, 0.5) is 10.5 Å². The van der Waals surface area contributed by atoms with Crippen LogP contribution in [0.15, 0.2) is 55.1 Å². The number of allylic oxidation sites excluding steroid dienone is 1. The normalized spacial score (nSPS) is 14.9. The van der Waals surface area contributed by atoms with Gasteiger partial charge in [0.05, 0.1) is 0 Å². The van der Waals surface area contributed by atoms with E-state index in [1.807, 2.05) is 76.2 Å². The minimum Gasteiger partial charge on any atom is -0.438 e. The molecular weight excluding hydrogens is 388 g/mol. The number of Topliss-reactive ketones (excluding diaryl/α,β-unsaturated/α-hetero) is 1. The van der Waals surface area contributed by atoms with Gasteiger partial charge in [-0.15, -0.1) is 0 Å². The molecule has 0 spiro atoms. The highest BCUT2D eigenvalue weighted by atomic mass is 16.6. The second-order valence-corrected chi connectivity index (χ2v) is 9.44. The number of hydrogen-bond donors (Lipinski definition) is 1. The van der Waals surface area contributed by atoms with Gasteiger partial charge in [0.25, 0.3) is 0 Å². The van der Waals surface area contributed by atoms with Gasteiger partial charge in [-0.2, -0.15) is 0 Å². The predicted molar refractivity (Wildman–Crippen MR) is 125 cm³/mol. The van der Waals surface area contributed by atoms with Crippen molar-refractivity contribution >= 4 is 23.1 Å². The number of ketones is 1. The molecule has 0 atom stereocenters. The monoisotopic (exact) mass is 420 g/mol. The highest BCUT2D eigenvalue weighted by Gasteiger charge is 2.43. The van der Waals surface area contributed by atoms with Gasteiger partial charge >= 0.3 is 6.09 Å². The number of carbonyl (C=O) groups is 2. The zero-order chi connectivity index (χ0) is 22.8. The highest BCUT2D eigenvalue weighted by molar-refractivity contribution is 6.28. The summed E-state index contributed by atoms with van der Waals surface area (Å²) in [5.74, 6) is -0.114. The first-order chi connectivity index (χ1) is 14.5. The van der Waals surface area contributed by atoms with Crippen LogP contribution in [0.25, 0.3) is 5.57 Å². The van der Waals surface area contributed by atoms with Crippen molar-refractivity contribution in [3.05, 3.63) is 71.8 Å². The van der Waals surface area contributed by atoms with Crippen molar-refractivity contribution in [2.24, 2.45) is 0 Å². The van der Waals surface area contributed by atoms with Crippen molar-refractivity contribution in [2.75, 3.05) is 19.0 Å². The van der Waals surface area contributed by atoms with Crippen LogP contribution in [0.2, 0.25) is 0 Å². The van der Waals surface area contributed by atoms with E-state index in [4.69, 9.17) is 4.74 Å². The molecule has 0 radical (unpaired) electrons. The molecule has 0 bridgehead atoms. The summed E-state index contributed by atoms with van der Waals surface area (Å²) < 4.78 is 5.83. The molecule has 5 heteroatoms. The SMILES string of the molecule is C=C(C(=O)c1ccc(C2(OC(=O)NC(C)(C)C)CCC2)cc1)c1cccc(N(C)C)c1. The Labute approximate surface area is 185 Å². The van der Waals surface area contributed by atoms with Gasteiger partial charge in [-0.1, -0.05) is 43.0 Å². The lowest BCUT2D eigenvalue weighted by molar-refractivity contribution is -0.0549. The molecular formula is C26H32N2O3. The van der Waals surface area contributed by atoms with Crippen LogP contribution in [0, 0.1) is 0 Å². The number of nitrogens with one attached hydrogen (secondary N) is 1. The van der Waals surface area contributed by atoms with Crippen LogP contribution in [-0.4, -0.2) is 31.5 Å². The lowest BCUT2D eigenvalue weighted by atomic mass is 9.74. The molecule has 1 fully saturated rings. The van der Waals surface area contributed by atoms with E-state index in [-0.39, 0.29) is 11.3 Å². The van der Waals surface area contributed by atoms with E-state index in [2.05, 4.69) is 11.9 Å². The lowest BCUT2D eigenvalue weighted by Crippen LogP contribution is -2.47. The van der Waals surface area contributed by atoms with Crippen molar-refractivity contribution < 1.29 is 14.3 Å². The van der Waals surface area contributed by atoms with Gasteiger partial charge in [0.2, 0.25) is 0 Å². The molecule has 0 heterocycles. The smallest absolute Gasteiger partial charge is 0.408 e. The van der Waals surface area contributed by atoms with Gasteiger partial charge in [-0.3, -0.25) is 4.79 Å². The third-order valence-electron chi connectivity index (χ3n) is 5.58. The average Bonchev–Trinajstić information content (AvgIpc) is 2.68. The molecule has 0 aliphatic heterocycles. The second kappa shape index (κ2) is 8.58. The zero-order valence-electron chi connectivity index (χ0n) is 19.1. The standard InChI is InChI=1S/C26H32N2O3/c1-18(20-9-7-10-22(17-20)28(5)6)23(29)19-11-13-21(14-12-19)26(15-8-16-26)31-24(30)27-25(2,3)4/h7,9-14,17H,1,8,15-16H2,2-6H3,(H,27,30). The van der Waals surface area contributed by atoms with Crippen molar-refractivity contribution in [2.45, 2.75) is 51.2 Å². The fourth-order valence-electron chi connectivity index (χ4n) is 3.66. The molecule has 0 aromatic heterocycles. The largest absolute Gasteiger partial charge is 0.438 e. The topological polar surface area (TPSA) is 58.6 Å². The van der Waals surface area contributed by atoms with E-state index in [0.717, 1.165) is 36.1 Å². The molecule has 1 aliphatic rings. The quantitative estimate of drug-likeness (QED) is 0.491. The molecule has 1 N–H and O–H groups in total. The molecule has 1 amide bonds. The number of alkyl carbamates (subject to hydrolysis) is 1. The van der Waals surface area contributed by atoms with Gasteiger partial charge in [0.1, 0.15) is 5.60 Å². The molecule has 0 saturated heterocycles. The number of rotatable bonds is 6. The number of nitrogens with zero attached hydrogens (tertiary/aromatic N) is 1. The molecule has 164 valence electrons. The summed E-state index contributed by atoms with van der Waals surface area (Å²) in [6.45, 7) is 9.79. The summed E-state index contributed by atoms with van der Waals surface area (Å²) in [5, 5.41) is 2.86. The summed E-state index contributed by atoms with van der Waals surface area (Å²) in [7, 11) is 3.92. The summed E-state index contributed by atoms with van der Waals surface area (Å²) in [4.78, 5) is 27.3. The van der Waals surface area contributed by atoms with Gasteiger partial charge in [0, 0.05) is 36.5 Å². The molecule has 3 rings (SSSR count). The summed E-state index contributed by atoms with van der Waals surface area (Å²) in [6, 6.07) is 15.1. The minimum absolute atomic E-state index is 0.114. The zero-order valence-corrected chi connectivity index (χ0v) is 19.1. The maximum atomic E-state index is 13.0. The lowest BCUT2D eigenvalue weighted by Gasteiger charge is -2.42. The van der Waals surface area contributed by atoms with E-state index < -0.39 is 11.7 Å². The average molecular weight is 421 g/mol. The minimum atomic E-state index is -0.617. The first-order valence-electron chi connectivity index (χ1n) is 10.6. The molecule has 2 aromatic rings. The Balaban J connectivity index is 1.76. The Morgan fingerprint density at radius 3 is 2.19 bits per heavy atom. The maximum absolute atomic E-state index is 13.0. The van der Waals surface area contributed by atoms with E-state index in [9.17, 15) is 9.59 Å². The van der Waals surface area contributed by atoms with Crippen LogP contribution in [-0.2, 0) is 10.3 Å². The molecule has 1 aliphatic carbocycles. The molecule has 2 aromatic carbocycles. The first-order valence-corrected chi connectivity index (χ1v) is 10.6. The number of hydrogen-bond acceptors (Lipinski definition) is 4. The second-order valence-electron chi connectivity index (χ2n) is 9.44. The van der Waals surface area contributed by atoms with Crippen LogP contribution in [0.3, 0.4) is 0 Å². The van der Waals surface area contributed by atoms with Crippen LogP contribution >= 0.6 is 0 Å². The Bertz CT molecular complexity index is 980. The van der Waals surface area contributed by atoms with E-state index in [1.54, 1.807) is 12.1 Å². The molecule has 31 heavy (non-hydrogen) atoms. The van der Waals surface area contributed by atoms with E-state index >= 15 is 0 Å². The van der Waals surface area contributed by atoms with E-state index in [0.29, 0.717) is 11.1 Å². The Morgan fingerprint density at radius 2 is 1.68 bits per heavy atom. The maximum Gasteiger partial charge on any atom is 0.408 e. The van der Waals surface area contributed by atoms with Crippen molar-refractivity contribution in [3.8, 4) is 0 Å². The third kappa shape index (κ3) is 5.16. The summed E-state index contributed by atoms with van der Waals surface area (Å²) in [5.41, 5.74) is 2.78. The van der Waals surface area contributed by atoms with Gasteiger partial charge in [-0.25, -0.2) is 4.79 Å². The first kappa shape index (κ1) is 22.6. The summed E-state index contributed by atoms with van der Waals surface area (Å²) in [6.07, 6.45) is 2.15. The van der Waals surface area contributed by atoms with Crippen LogP contribution in [0.1, 0.15) is 61.5 Å². The summed E-state index contributed by atoms with van der Waals surface area (Å²) >= 11 is 0. The number of ether oxygens (including phenoxy) is 1. The molecule has 0 unspecified atom stereocenters. The fourth-order valence-corrected chi connectivity index (χ4v) is 3.66. The number of carbonyl (C=O) groups excluding carboxylic acids is 2. The Morgan fingerprint density at radius 1 is 1.03 bits per heavy atom. The number of anilines is 1. The highest BCUT2D eigenvalue weighted by Crippen LogP contribution is 2.45. The van der Waals surface area contributed by atoms with Gasteiger partial charge < -0.3 is 15.0 Å². The predicted octanol–water partition coefficient (Wildman–Crippen LogP) is 5.55. The van der Waals surface area contributed by atoms with Crippen LogP contribution < -0.4 is 10.2 Å². The van der Waals surface area contributed by atoms with E-state index in [1.165, 1.54) is 0 Å². The third-order valence-corrected chi connectivity index (χ3v) is 5.58. The van der Waals surface area contributed by atoms with Gasteiger partial charge in [-0.05, 0) is 63.3 Å². The number of benzene rings is 2. The fraction of sp³-hybridized carbons (Fsp3) is 0.385. The van der Waals surface area contributed by atoms with Crippen LogP contribution in [0.5, 0.6) is 0 Å². The Kier molecular flexibility index (Phi) is 6.25. The molecule has 5 nitrogen and oxygen atoms in total. The van der Waals surface area contributed by atoms with Crippen molar-refractivity contribution in [1.82, 2.24) is 5.32 Å². The number of amides is 1. The Hall–Kier alpha value is -3.08. The van der Waals surface area contributed by atoms with Crippen molar-refractivity contribution in [3.63, 3.8) is 0 Å². The molecule has 1 saturated carbocycles. The van der Waals surface area contributed by atoms with Gasteiger partial charge in [0.15, 0.2) is 5.78 Å². The van der Waals surface area contributed by atoms with Crippen molar-refractivity contribution in [1.29, 1.82) is 0 Å².